The summed E-state index contributed by atoms with van der Waals surface area (Å²) >= 11 is 1.26. The largest absolute Gasteiger partial charge is 0.463 e. The summed E-state index contributed by atoms with van der Waals surface area (Å²) in [5, 5.41) is 0.110. The molecule has 0 bridgehead atoms. The fraction of sp³-hybridized carbons (Fsp3) is 0.227. The number of benzene rings is 2. The minimum atomic E-state index is -0.517. The first kappa shape index (κ1) is 19.9. The molecule has 2 aromatic carbocycles. The summed E-state index contributed by atoms with van der Waals surface area (Å²) in [6, 6.07) is 17.2. The van der Waals surface area contributed by atoms with E-state index in [1.807, 2.05) is 42.5 Å². The van der Waals surface area contributed by atoms with Crippen LogP contribution < -0.4 is 0 Å². The summed E-state index contributed by atoms with van der Waals surface area (Å²) in [6.07, 6.45) is 1.28. The first-order valence-electron chi connectivity index (χ1n) is 9.04. The van der Waals surface area contributed by atoms with Crippen LogP contribution in [-0.2, 0) is 14.3 Å². The SMILES string of the molecule is CCOC(=O)/C=C1/SC(C)C(=O)N1CC(=O)c1ccc(-c2ccccc2)cc1. The van der Waals surface area contributed by atoms with Gasteiger partial charge in [0.15, 0.2) is 5.78 Å². The number of ketones is 1. The van der Waals surface area contributed by atoms with Gasteiger partial charge >= 0.3 is 5.97 Å². The monoisotopic (exact) mass is 395 g/mol. The van der Waals surface area contributed by atoms with Crippen LogP contribution in [0.5, 0.6) is 0 Å². The second-order valence-corrected chi connectivity index (χ2v) is 7.65. The summed E-state index contributed by atoms with van der Waals surface area (Å²) in [5.74, 6) is -0.885. The second kappa shape index (κ2) is 8.89. The molecule has 5 nitrogen and oxygen atoms in total. The number of thioether (sulfide) groups is 1. The first-order valence-corrected chi connectivity index (χ1v) is 9.92. The lowest BCUT2D eigenvalue weighted by Gasteiger charge is -2.16. The van der Waals surface area contributed by atoms with Gasteiger partial charge in [-0.2, -0.15) is 0 Å². The summed E-state index contributed by atoms with van der Waals surface area (Å²) in [4.78, 5) is 38.2. The lowest BCUT2D eigenvalue weighted by molar-refractivity contribution is -0.137. The molecule has 0 aliphatic carbocycles. The van der Waals surface area contributed by atoms with Crippen LogP contribution in [0.25, 0.3) is 11.1 Å². The van der Waals surface area contributed by atoms with Gasteiger partial charge in [-0.15, -0.1) is 0 Å². The maximum atomic E-state index is 12.7. The van der Waals surface area contributed by atoms with E-state index in [-0.39, 0.29) is 30.1 Å². The molecular formula is C22H21NO4S. The Morgan fingerprint density at radius 1 is 1.07 bits per heavy atom. The molecule has 2 aromatic rings. The zero-order valence-electron chi connectivity index (χ0n) is 15.8. The minimum absolute atomic E-state index is 0.105. The highest BCUT2D eigenvalue weighted by atomic mass is 32.2. The van der Waals surface area contributed by atoms with Crippen molar-refractivity contribution in [3.05, 3.63) is 71.3 Å². The van der Waals surface area contributed by atoms with Crippen molar-refractivity contribution in [3.8, 4) is 11.1 Å². The first-order chi connectivity index (χ1) is 13.5. The Kier molecular flexibility index (Phi) is 6.31. The van der Waals surface area contributed by atoms with Gasteiger partial charge in [0.25, 0.3) is 0 Å². The standard InChI is InChI=1S/C22H21NO4S/c1-3-27-21(25)13-20-23(22(26)15(2)28-20)14-19(24)18-11-9-17(10-12-18)16-7-5-4-6-8-16/h4-13,15H,3,14H2,1-2H3/b20-13+. The number of hydrogen-bond donors (Lipinski definition) is 0. The van der Waals surface area contributed by atoms with Crippen molar-refractivity contribution in [2.75, 3.05) is 13.2 Å². The topological polar surface area (TPSA) is 63.7 Å². The maximum Gasteiger partial charge on any atom is 0.333 e. The van der Waals surface area contributed by atoms with Crippen LogP contribution in [0.2, 0.25) is 0 Å². The lowest BCUT2D eigenvalue weighted by Crippen LogP contribution is -2.33. The third-order valence-corrected chi connectivity index (χ3v) is 5.46. The van der Waals surface area contributed by atoms with Gasteiger partial charge in [-0.25, -0.2) is 4.79 Å². The number of rotatable bonds is 6. The summed E-state index contributed by atoms with van der Waals surface area (Å²) < 4.78 is 4.92. The van der Waals surface area contributed by atoms with Crippen molar-refractivity contribution in [3.63, 3.8) is 0 Å². The van der Waals surface area contributed by atoms with Crippen LogP contribution in [0.4, 0.5) is 0 Å². The van der Waals surface area contributed by atoms with Gasteiger partial charge in [-0.05, 0) is 25.0 Å². The molecule has 0 spiro atoms. The molecule has 0 aromatic heterocycles. The molecule has 0 N–H and O–H groups in total. The molecule has 0 saturated carbocycles. The van der Waals surface area contributed by atoms with Gasteiger partial charge < -0.3 is 4.74 Å². The Morgan fingerprint density at radius 3 is 2.36 bits per heavy atom. The Morgan fingerprint density at radius 2 is 1.71 bits per heavy atom. The van der Waals surface area contributed by atoms with E-state index in [1.165, 1.54) is 22.7 Å². The summed E-state index contributed by atoms with van der Waals surface area (Å²) in [6.45, 7) is 3.62. The van der Waals surface area contributed by atoms with Crippen molar-refractivity contribution in [1.29, 1.82) is 0 Å². The fourth-order valence-corrected chi connectivity index (χ4v) is 3.93. The number of amides is 1. The van der Waals surface area contributed by atoms with Crippen molar-refractivity contribution in [2.24, 2.45) is 0 Å². The highest BCUT2D eigenvalue weighted by Crippen LogP contribution is 2.35. The predicted molar refractivity (Wildman–Crippen MR) is 110 cm³/mol. The number of Topliss-reactive ketones (excluding diaryl/α,β-unsaturated/α-hetero) is 1. The van der Waals surface area contributed by atoms with Gasteiger partial charge in [0.05, 0.1) is 29.5 Å². The van der Waals surface area contributed by atoms with Crippen LogP contribution in [-0.4, -0.2) is 41.0 Å². The highest BCUT2D eigenvalue weighted by molar-refractivity contribution is 8.04. The zero-order valence-corrected chi connectivity index (χ0v) is 16.6. The van der Waals surface area contributed by atoms with Crippen molar-refractivity contribution in [2.45, 2.75) is 19.1 Å². The molecule has 1 heterocycles. The van der Waals surface area contributed by atoms with Gasteiger partial charge in [0, 0.05) is 5.56 Å². The molecular weight excluding hydrogens is 374 g/mol. The maximum absolute atomic E-state index is 12.7. The van der Waals surface area contributed by atoms with Gasteiger partial charge in [0.1, 0.15) is 0 Å². The van der Waals surface area contributed by atoms with Crippen LogP contribution in [0.15, 0.2) is 65.7 Å². The molecule has 1 fully saturated rings. The van der Waals surface area contributed by atoms with E-state index in [2.05, 4.69) is 0 Å². The minimum Gasteiger partial charge on any atom is -0.463 e. The molecule has 6 heteroatoms. The Bertz CT molecular complexity index is 906. The molecule has 1 aliphatic rings. The third kappa shape index (κ3) is 4.51. The molecule has 1 unspecified atom stereocenters. The number of hydrogen-bond acceptors (Lipinski definition) is 5. The average molecular weight is 395 g/mol. The van der Waals surface area contributed by atoms with Crippen LogP contribution in [0, 0.1) is 0 Å². The number of nitrogens with zero attached hydrogens (tertiary/aromatic N) is 1. The predicted octanol–water partition coefficient (Wildman–Crippen LogP) is 3.90. The van der Waals surface area contributed by atoms with E-state index in [1.54, 1.807) is 26.0 Å². The number of esters is 1. The van der Waals surface area contributed by atoms with E-state index in [9.17, 15) is 14.4 Å². The zero-order chi connectivity index (χ0) is 20.1. The van der Waals surface area contributed by atoms with Crippen molar-refractivity contribution >= 4 is 29.4 Å². The van der Waals surface area contributed by atoms with Gasteiger partial charge in [-0.3, -0.25) is 14.5 Å². The van der Waals surface area contributed by atoms with E-state index in [4.69, 9.17) is 4.74 Å². The Labute approximate surface area is 168 Å². The van der Waals surface area contributed by atoms with E-state index in [0.717, 1.165) is 11.1 Å². The third-order valence-electron chi connectivity index (χ3n) is 4.32. The average Bonchev–Trinajstić information content (AvgIpc) is 2.96. The van der Waals surface area contributed by atoms with E-state index >= 15 is 0 Å². The van der Waals surface area contributed by atoms with Crippen LogP contribution >= 0.6 is 11.8 Å². The molecule has 1 saturated heterocycles. The summed E-state index contributed by atoms with van der Waals surface area (Å²) in [5.41, 5.74) is 2.61. The summed E-state index contributed by atoms with van der Waals surface area (Å²) in [7, 11) is 0. The molecule has 0 radical (unpaired) electrons. The molecule has 1 aliphatic heterocycles. The van der Waals surface area contributed by atoms with Gasteiger partial charge in [0.2, 0.25) is 5.91 Å². The Hall–Kier alpha value is -2.86. The quantitative estimate of drug-likeness (QED) is 0.422. The van der Waals surface area contributed by atoms with Crippen LogP contribution in [0.1, 0.15) is 24.2 Å². The van der Waals surface area contributed by atoms with Crippen LogP contribution in [0.3, 0.4) is 0 Å². The van der Waals surface area contributed by atoms with E-state index in [0.29, 0.717) is 10.6 Å². The molecule has 28 heavy (non-hydrogen) atoms. The second-order valence-electron chi connectivity index (χ2n) is 6.29. The Balaban J connectivity index is 1.75. The van der Waals surface area contributed by atoms with E-state index < -0.39 is 5.97 Å². The van der Waals surface area contributed by atoms with Crippen molar-refractivity contribution in [1.82, 2.24) is 4.90 Å². The number of carbonyl (C=O) groups is 3. The van der Waals surface area contributed by atoms with Crippen molar-refractivity contribution < 1.29 is 19.1 Å². The number of carbonyl (C=O) groups excluding carboxylic acids is 3. The van der Waals surface area contributed by atoms with Gasteiger partial charge in [-0.1, -0.05) is 66.4 Å². The molecule has 144 valence electrons. The lowest BCUT2D eigenvalue weighted by atomic mass is 10.0. The molecule has 3 rings (SSSR count). The number of ether oxygens (including phenoxy) is 1. The normalized spacial score (nSPS) is 17.8. The molecule has 1 amide bonds. The smallest absolute Gasteiger partial charge is 0.333 e. The highest BCUT2D eigenvalue weighted by Gasteiger charge is 2.35. The fourth-order valence-electron chi connectivity index (χ4n) is 2.89. The molecule has 1 atom stereocenters.